The van der Waals surface area contributed by atoms with Crippen LogP contribution in [-0.4, -0.2) is 5.91 Å². The SMILES string of the molecule is CC(=O)Nc1ccc2oc(=O)cc(C)c2c1. The highest BCUT2D eigenvalue weighted by Gasteiger charge is 2.03. The summed E-state index contributed by atoms with van der Waals surface area (Å²) in [4.78, 5) is 22.0. The molecule has 0 saturated carbocycles. The molecule has 2 rings (SSSR count). The van der Waals surface area contributed by atoms with Gasteiger partial charge in [0.15, 0.2) is 0 Å². The van der Waals surface area contributed by atoms with Gasteiger partial charge < -0.3 is 9.73 Å². The molecule has 0 spiro atoms. The van der Waals surface area contributed by atoms with Crippen LogP contribution in [0.3, 0.4) is 0 Å². The van der Waals surface area contributed by atoms with Gasteiger partial charge in [-0.1, -0.05) is 0 Å². The van der Waals surface area contributed by atoms with Gasteiger partial charge in [0.1, 0.15) is 5.58 Å². The zero-order chi connectivity index (χ0) is 11.7. The number of benzene rings is 1. The van der Waals surface area contributed by atoms with Crippen molar-refractivity contribution in [2.24, 2.45) is 0 Å². The van der Waals surface area contributed by atoms with Gasteiger partial charge in [0, 0.05) is 24.1 Å². The van der Waals surface area contributed by atoms with E-state index < -0.39 is 0 Å². The van der Waals surface area contributed by atoms with Crippen LogP contribution >= 0.6 is 0 Å². The predicted octanol–water partition coefficient (Wildman–Crippen LogP) is 2.06. The maximum atomic E-state index is 11.1. The van der Waals surface area contributed by atoms with Crippen LogP contribution in [0.5, 0.6) is 0 Å². The highest BCUT2D eigenvalue weighted by molar-refractivity contribution is 5.92. The molecule has 4 heteroatoms. The van der Waals surface area contributed by atoms with Crippen molar-refractivity contribution in [3.8, 4) is 0 Å². The highest BCUT2D eigenvalue weighted by atomic mass is 16.4. The fraction of sp³-hybridized carbons (Fsp3) is 0.167. The van der Waals surface area contributed by atoms with Gasteiger partial charge in [0.05, 0.1) is 0 Å². The van der Waals surface area contributed by atoms with Crippen LogP contribution in [0, 0.1) is 6.92 Å². The lowest BCUT2D eigenvalue weighted by Gasteiger charge is -2.04. The third kappa shape index (κ3) is 1.95. The first-order valence-corrected chi connectivity index (χ1v) is 4.88. The smallest absolute Gasteiger partial charge is 0.336 e. The molecule has 4 nitrogen and oxygen atoms in total. The zero-order valence-corrected chi connectivity index (χ0v) is 9.03. The molecular formula is C12H11NO3. The minimum absolute atomic E-state index is 0.130. The second-order valence-electron chi connectivity index (χ2n) is 3.64. The molecule has 1 heterocycles. The molecule has 0 saturated heterocycles. The number of aryl methyl sites for hydroxylation is 1. The van der Waals surface area contributed by atoms with E-state index in [1.807, 2.05) is 6.92 Å². The molecule has 0 aliphatic rings. The molecule has 0 bridgehead atoms. The standard InChI is InChI=1S/C12H11NO3/c1-7-5-12(15)16-11-4-3-9(6-10(7)11)13-8(2)14/h3-6H,1-2H3,(H,13,14). The van der Waals surface area contributed by atoms with Crippen LogP contribution in [0.25, 0.3) is 11.0 Å². The number of anilines is 1. The molecule has 0 unspecified atom stereocenters. The maximum absolute atomic E-state index is 11.1. The van der Waals surface area contributed by atoms with Crippen LogP contribution in [0.1, 0.15) is 12.5 Å². The number of carbonyl (C=O) groups excluding carboxylic acids is 1. The van der Waals surface area contributed by atoms with E-state index in [0.717, 1.165) is 10.9 Å². The minimum atomic E-state index is -0.364. The molecule has 0 fully saturated rings. The van der Waals surface area contributed by atoms with Gasteiger partial charge in [0.25, 0.3) is 0 Å². The number of amides is 1. The Morgan fingerprint density at radius 2 is 2.06 bits per heavy atom. The van der Waals surface area contributed by atoms with E-state index >= 15 is 0 Å². The van der Waals surface area contributed by atoms with Crippen LogP contribution in [0.2, 0.25) is 0 Å². The van der Waals surface area contributed by atoms with E-state index in [2.05, 4.69) is 5.32 Å². The van der Waals surface area contributed by atoms with Gasteiger partial charge >= 0.3 is 5.63 Å². The molecule has 0 radical (unpaired) electrons. The molecule has 1 aromatic heterocycles. The molecular weight excluding hydrogens is 206 g/mol. The van der Waals surface area contributed by atoms with E-state index in [4.69, 9.17) is 4.42 Å². The number of carbonyl (C=O) groups is 1. The Bertz CT molecular complexity index is 613. The molecule has 0 aliphatic carbocycles. The third-order valence-electron chi connectivity index (χ3n) is 2.27. The number of hydrogen-bond acceptors (Lipinski definition) is 3. The Labute approximate surface area is 91.9 Å². The maximum Gasteiger partial charge on any atom is 0.336 e. The zero-order valence-electron chi connectivity index (χ0n) is 9.03. The van der Waals surface area contributed by atoms with Gasteiger partial charge in [-0.05, 0) is 30.7 Å². The van der Waals surface area contributed by atoms with Crippen molar-refractivity contribution in [2.75, 3.05) is 5.32 Å². The first-order chi connectivity index (χ1) is 7.56. The number of rotatable bonds is 1. The quantitative estimate of drug-likeness (QED) is 0.744. The topological polar surface area (TPSA) is 59.3 Å². The fourth-order valence-electron chi connectivity index (χ4n) is 1.60. The Hall–Kier alpha value is -2.10. The average Bonchev–Trinajstić information content (AvgIpc) is 2.18. The van der Waals surface area contributed by atoms with Crippen LogP contribution in [0.4, 0.5) is 5.69 Å². The molecule has 1 aromatic carbocycles. The highest BCUT2D eigenvalue weighted by Crippen LogP contribution is 2.20. The monoisotopic (exact) mass is 217 g/mol. The molecule has 82 valence electrons. The van der Waals surface area contributed by atoms with Crippen LogP contribution < -0.4 is 10.9 Å². The molecule has 1 amide bonds. The average molecular weight is 217 g/mol. The molecule has 16 heavy (non-hydrogen) atoms. The Morgan fingerprint density at radius 3 is 2.75 bits per heavy atom. The first-order valence-electron chi connectivity index (χ1n) is 4.88. The number of nitrogens with one attached hydrogen (secondary N) is 1. The van der Waals surface area contributed by atoms with Gasteiger partial charge in [-0.2, -0.15) is 0 Å². The summed E-state index contributed by atoms with van der Waals surface area (Å²) in [5.74, 6) is -0.130. The fourth-order valence-corrected chi connectivity index (χ4v) is 1.60. The van der Waals surface area contributed by atoms with Crippen molar-refractivity contribution in [3.05, 3.63) is 40.2 Å². The van der Waals surface area contributed by atoms with E-state index in [-0.39, 0.29) is 11.5 Å². The summed E-state index contributed by atoms with van der Waals surface area (Å²) in [6.07, 6.45) is 0. The summed E-state index contributed by atoms with van der Waals surface area (Å²) in [7, 11) is 0. The van der Waals surface area contributed by atoms with E-state index in [1.165, 1.54) is 13.0 Å². The summed E-state index contributed by atoms with van der Waals surface area (Å²) in [5, 5.41) is 3.50. The van der Waals surface area contributed by atoms with Crippen molar-refractivity contribution in [2.45, 2.75) is 13.8 Å². The van der Waals surface area contributed by atoms with Crippen molar-refractivity contribution < 1.29 is 9.21 Å². The molecule has 0 atom stereocenters. The predicted molar refractivity (Wildman–Crippen MR) is 61.5 cm³/mol. The lowest BCUT2D eigenvalue weighted by atomic mass is 10.1. The number of hydrogen-bond donors (Lipinski definition) is 1. The van der Waals surface area contributed by atoms with Gasteiger partial charge in [0.2, 0.25) is 5.91 Å². The van der Waals surface area contributed by atoms with E-state index in [9.17, 15) is 9.59 Å². The minimum Gasteiger partial charge on any atom is -0.423 e. The van der Waals surface area contributed by atoms with Gasteiger partial charge in [-0.3, -0.25) is 4.79 Å². The Kier molecular flexibility index (Phi) is 2.48. The largest absolute Gasteiger partial charge is 0.423 e. The molecule has 1 N–H and O–H groups in total. The third-order valence-corrected chi connectivity index (χ3v) is 2.27. The summed E-state index contributed by atoms with van der Waals surface area (Å²) in [6.45, 7) is 3.28. The first kappa shape index (κ1) is 10.4. The van der Waals surface area contributed by atoms with Crippen molar-refractivity contribution in [1.29, 1.82) is 0 Å². The second-order valence-corrected chi connectivity index (χ2v) is 3.64. The van der Waals surface area contributed by atoms with E-state index in [0.29, 0.717) is 11.3 Å². The van der Waals surface area contributed by atoms with Crippen molar-refractivity contribution in [1.82, 2.24) is 0 Å². The lowest BCUT2D eigenvalue weighted by molar-refractivity contribution is -0.114. The summed E-state index contributed by atoms with van der Waals surface area (Å²) in [5.41, 5.74) is 1.69. The van der Waals surface area contributed by atoms with Crippen molar-refractivity contribution in [3.63, 3.8) is 0 Å². The lowest BCUT2D eigenvalue weighted by Crippen LogP contribution is -2.06. The Balaban J connectivity index is 2.61. The summed E-state index contributed by atoms with van der Waals surface area (Å²) < 4.78 is 5.03. The van der Waals surface area contributed by atoms with Crippen molar-refractivity contribution >= 4 is 22.6 Å². The van der Waals surface area contributed by atoms with E-state index in [1.54, 1.807) is 18.2 Å². The Morgan fingerprint density at radius 1 is 1.31 bits per heavy atom. The summed E-state index contributed by atoms with van der Waals surface area (Å²) in [6, 6.07) is 6.59. The van der Waals surface area contributed by atoms with Gasteiger partial charge in [-0.25, -0.2) is 4.79 Å². The molecule has 0 aliphatic heterocycles. The molecule has 2 aromatic rings. The summed E-state index contributed by atoms with van der Waals surface area (Å²) >= 11 is 0. The number of fused-ring (bicyclic) bond motifs is 1. The normalized spacial score (nSPS) is 10.4. The second kappa shape index (κ2) is 3.81. The van der Waals surface area contributed by atoms with Crippen LogP contribution in [-0.2, 0) is 4.79 Å². The van der Waals surface area contributed by atoms with Crippen LogP contribution in [0.15, 0.2) is 33.5 Å². The van der Waals surface area contributed by atoms with Gasteiger partial charge in [-0.15, -0.1) is 0 Å².